The Morgan fingerprint density at radius 3 is 2.86 bits per heavy atom. The number of allylic oxidation sites excluding steroid dienone is 7. The molecule has 1 aliphatic heterocycles. The number of hydrogen-bond acceptors (Lipinski definition) is 1. The van der Waals surface area contributed by atoms with Crippen molar-refractivity contribution in [3.63, 3.8) is 0 Å². The summed E-state index contributed by atoms with van der Waals surface area (Å²) < 4.78 is 0. The van der Waals surface area contributed by atoms with E-state index in [-0.39, 0.29) is 0 Å². The van der Waals surface area contributed by atoms with Gasteiger partial charge in [0.15, 0.2) is 0 Å². The predicted molar refractivity (Wildman–Crippen MR) is 88.1 cm³/mol. The van der Waals surface area contributed by atoms with Crippen LogP contribution in [0.15, 0.2) is 58.4 Å². The Morgan fingerprint density at radius 2 is 2.14 bits per heavy atom. The molecule has 0 N–H and O–H groups in total. The molecule has 0 amide bonds. The minimum Gasteiger partial charge on any atom is -0.257 e. The zero-order chi connectivity index (χ0) is 14.6. The molecular formula is C20H23N. The van der Waals surface area contributed by atoms with E-state index in [9.17, 15) is 0 Å². The van der Waals surface area contributed by atoms with Gasteiger partial charge in [-0.05, 0) is 61.5 Å². The lowest BCUT2D eigenvalue weighted by Gasteiger charge is -2.35. The van der Waals surface area contributed by atoms with Crippen molar-refractivity contribution in [3.8, 4) is 0 Å². The fourth-order valence-electron chi connectivity index (χ4n) is 4.90. The maximum absolute atomic E-state index is 4.82. The van der Waals surface area contributed by atoms with E-state index in [2.05, 4.69) is 50.5 Å². The second kappa shape index (κ2) is 4.45. The molecule has 2 saturated carbocycles. The summed E-state index contributed by atoms with van der Waals surface area (Å²) in [6, 6.07) is 0. The van der Waals surface area contributed by atoms with E-state index in [0.29, 0.717) is 17.3 Å². The fraction of sp³-hybridized carbons (Fsp3) is 0.500. The molecule has 2 fully saturated rings. The van der Waals surface area contributed by atoms with Crippen molar-refractivity contribution < 1.29 is 0 Å². The summed E-state index contributed by atoms with van der Waals surface area (Å²) >= 11 is 0. The van der Waals surface area contributed by atoms with Crippen molar-refractivity contribution in [2.24, 2.45) is 28.2 Å². The van der Waals surface area contributed by atoms with Crippen LogP contribution >= 0.6 is 0 Å². The summed E-state index contributed by atoms with van der Waals surface area (Å²) in [7, 11) is 0. The van der Waals surface area contributed by atoms with Gasteiger partial charge in [-0.15, -0.1) is 5.73 Å². The molecule has 0 aromatic heterocycles. The molecule has 0 aromatic rings. The van der Waals surface area contributed by atoms with Gasteiger partial charge >= 0.3 is 0 Å². The zero-order valence-electron chi connectivity index (χ0n) is 13.0. The van der Waals surface area contributed by atoms with Crippen molar-refractivity contribution in [3.05, 3.63) is 53.5 Å². The molecule has 2 atom stereocenters. The summed E-state index contributed by atoms with van der Waals surface area (Å²) in [5, 5.41) is 0. The molecule has 4 rings (SSSR count). The SMILES string of the molecule is C=C=C(C1=C(C)N=C2C=CC=CCC21)C1CC12CC(C)C2. The van der Waals surface area contributed by atoms with Crippen molar-refractivity contribution in [2.75, 3.05) is 0 Å². The largest absolute Gasteiger partial charge is 0.257 e. The third-order valence-electron chi connectivity index (χ3n) is 5.81. The molecule has 0 radical (unpaired) electrons. The predicted octanol–water partition coefficient (Wildman–Crippen LogP) is 4.99. The minimum absolute atomic E-state index is 0.430. The normalized spacial score (nSPS) is 39.5. The zero-order valence-corrected chi connectivity index (χ0v) is 13.0. The highest BCUT2D eigenvalue weighted by Crippen LogP contribution is 2.71. The highest BCUT2D eigenvalue weighted by Gasteiger charge is 2.62. The molecule has 0 aromatic carbocycles. The van der Waals surface area contributed by atoms with Gasteiger partial charge in [0.2, 0.25) is 0 Å². The van der Waals surface area contributed by atoms with Gasteiger partial charge in [0.05, 0.1) is 0 Å². The maximum atomic E-state index is 4.82. The van der Waals surface area contributed by atoms with Crippen LogP contribution in [0.4, 0.5) is 0 Å². The average Bonchev–Trinajstić information content (AvgIpc) is 3.11. The summed E-state index contributed by atoms with van der Waals surface area (Å²) in [5.74, 6) is 2.04. The Bertz CT molecular complexity index is 658. The lowest BCUT2D eigenvalue weighted by Crippen LogP contribution is -2.25. The second-order valence-corrected chi connectivity index (χ2v) is 7.33. The molecule has 4 aliphatic rings. The molecule has 3 aliphatic carbocycles. The number of hydrogen-bond donors (Lipinski definition) is 0. The Morgan fingerprint density at radius 1 is 1.33 bits per heavy atom. The highest BCUT2D eigenvalue weighted by molar-refractivity contribution is 6.02. The van der Waals surface area contributed by atoms with Crippen molar-refractivity contribution in [1.82, 2.24) is 0 Å². The van der Waals surface area contributed by atoms with Crippen LogP contribution in [0.25, 0.3) is 0 Å². The molecule has 1 heteroatoms. The summed E-state index contributed by atoms with van der Waals surface area (Å²) in [6.07, 6.45) is 13.9. The first-order valence-corrected chi connectivity index (χ1v) is 8.17. The average molecular weight is 277 g/mol. The number of rotatable bonds is 2. The van der Waals surface area contributed by atoms with Gasteiger partial charge in [-0.25, -0.2) is 0 Å². The molecule has 2 unspecified atom stereocenters. The standard InChI is InChI=1S/C20H23N/c1-4-15(17-12-20(17)10-13(2)11-20)19-14(3)21-18-9-7-5-6-8-16(18)19/h5-7,9,13,16-17H,1,8,10-12H2,2-3H3. The van der Waals surface area contributed by atoms with Crippen LogP contribution in [0.1, 0.15) is 39.5 Å². The van der Waals surface area contributed by atoms with Gasteiger partial charge < -0.3 is 0 Å². The van der Waals surface area contributed by atoms with E-state index in [1.54, 1.807) is 0 Å². The van der Waals surface area contributed by atoms with Crippen LogP contribution in [0.5, 0.6) is 0 Å². The maximum Gasteiger partial charge on any atom is 0.0485 e. The van der Waals surface area contributed by atoms with Crippen molar-refractivity contribution in [2.45, 2.75) is 39.5 Å². The number of nitrogens with zero attached hydrogens (tertiary/aromatic N) is 1. The topological polar surface area (TPSA) is 12.4 Å². The third kappa shape index (κ3) is 1.88. The van der Waals surface area contributed by atoms with Crippen molar-refractivity contribution in [1.29, 1.82) is 0 Å². The quantitative estimate of drug-likeness (QED) is 0.630. The first-order valence-electron chi connectivity index (χ1n) is 8.17. The fourth-order valence-corrected chi connectivity index (χ4v) is 4.90. The van der Waals surface area contributed by atoms with Crippen LogP contribution in [0.2, 0.25) is 0 Å². The van der Waals surface area contributed by atoms with Crippen LogP contribution < -0.4 is 0 Å². The smallest absolute Gasteiger partial charge is 0.0485 e. The van der Waals surface area contributed by atoms with Crippen LogP contribution in [-0.2, 0) is 0 Å². The van der Waals surface area contributed by atoms with E-state index in [1.165, 1.54) is 41.8 Å². The summed E-state index contributed by atoms with van der Waals surface area (Å²) in [5.41, 5.74) is 9.14. The summed E-state index contributed by atoms with van der Waals surface area (Å²) in [4.78, 5) is 4.82. The van der Waals surface area contributed by atoms with Gasteiger partial charge in [-0.1, -0.05) is 31.7 Å². The highest BCUT2D eigenvalue weighted by atomic mass is 14.8. The molecule has 108 valence electrons. The Hall–Kier alpha value is -1.59. The minimum atomic E-state index is 0.430. The van der Waals surface area contributed by atoms with Gasteiger partial charge in [0, 0.05) is 22.9 Å². The van der Waals surface area contributed by atoms with E-state index in [1.807, 2.05) is 0 Å². The second-order valence-electron chi connectivity index (χ2n) is 7.33. The molecular weight excluding hydrogens is 254 g/mol. The lowest BCUT2D eigenvalue weighted by molar-refractivity contribution is 0.173. The molecule has 1 nitrogen and oxygen atoms in total. The first-order chi connectivity index (χ1) is 10.1. The van der Waals surface area contributed by atoms with E-state index in [4.69, 9.17) is 4.99 Å². The van der Waals surface area contributed by atoms with Gasteiger partial charge in [-0.3, -0.25) is 4.99 Å². The number of aliphatic imine (C=N–C) groups is 1. The summed E-state index contributed by atoms with van der Waals surface area (Å²) in [6.45, 7) is 8.55. The molecule has 1 heterocycles. The van der Waals surface area contributed by atoms with Gasteiger partial charge in [-0.2, -0.15) is 0 Å². The van der Waals surface area contributed by atoms with Crippen LogP contribution in [0, 0.1) is 23.2 Å². The Labute approximate surface area is 127 Å². The number of fused-ring (bicyclic) bond motifs is 1. The Kier molecular flexibility index (Phi) is 2.78. The van der Waals surface area contributed by atoms with Gasteiger partial charge in [0.25, 0.3) is 0 Å². The van der Waals surface area contributed by atoms with Gasteiger partial charge in [0.1, 0.15) is 0 Å². The van der Waals surface area contributed by atoms with Crippen molar-refractivity contribution >= 4 is 5.71 Å². The first kappa shape index (κ1) is 13.1. The lowest BCUT2D eigenvalue weighted by atomic mass is 9.70. The molecule has 0 bridgehead atoms. The Balaban J connectivity index is 1.64. The molecule has 1 spiro atoms. The van der Waals surface area contributed by atoms with Crippen LogP contribution in [-0.4, -0.2) is 5.71 Å². The van der Waals surface area contributed by atoms with Crippen LogP contribution in [0.3, 0.4) is 0 Å². The van der Waals surface area contributed by atoms with E-state index >= 15 is 0 Å². The molecule has 21 heavy (non-hydrogen) atoms. The van der Waals surface area contributed by atoms with E-state index < -0.39 is 0 Å². The molecule has 0 saturated heterocycles. The van der Waals surface area contributed by atoms with E-state index in [0.717, 1.165) is 12.3 Å². The monoisotopic (exact) mass is 277 g/mol. The third-order valence-corrected chi connectivity index (χ3v) is 5.81.